The molecule has 0 spiro atoms. The first-order valence-electron chi connectivity index (χ1n) is 14.4. The molecule has 0 N–H and O–H groups in total. The van der Waals surface area contributed by atoms with Crippen molar-refractivity contribution in [3.8, 4) is 39.6 Å². The van der Waals surface area contributed by atoms with E-state index in [0.29, 0.717) is 27.9 Å². The maximum atomic E-state index is 14.9. The molecule has 0 saturated heterocycles. The third kappa shape index (κ3) is 3.23. The second-order valence-electron chi connectivity index (χ2n) is 10.7. The first-order valence-corrected chi connectivity index (χ1v) is 12.9. The molecule has 0 bridgehead atoms. The first-order chi connectivity index (χ1) is 20.1. The van der Waals surface area contributed by atoms with E-state index in [9.17, 15) is 9.65 Å². The number of aryl methyl sites for hydroxylation is 1. The van der Waals surface area contributed by atoms with Crippen molar-refractivity contribution >= 4 is 21.9 Å². The summed E-state index contributed by atoms with van der Waals surface area (Å²) in [5.74, 6) is -1.05. The van der Waals surface area contributed by atoms with Crippen LogP contribution >= 0.6 is 0 Å². The Morgan fingerprint density at radius 2 is 1.64 bits per heavy atom. The Kier molecular flexibility index (Phi) is 4.22. The maximum Gasteiger partial charge on any atom is 0.219 e. The number of rotatable bonds is 2. The summed E-state index contributed by atoms with van der Waals surface area (Å²) < 4.78 is 47.7. The Balaban J connectivity index is 1.54. The molecule has 0 fully saturated rings. The standard InChI is InChI=1S/C35H26FN2O/c1-20-9-12-26-27-14-11-22(19-37)32(34(27)39-33(26)31(20)30-18-23(36)15-16-38(30)4)21-10-13-25-24-7-5-6-8-28(24)35(2,3)29(25)17-21/h5-18H,1-4H3/q+1/i15D,16D,18D. The fraction of sp³-hybridized carbons (Fsp3) is 0.143. The van der Waals surface area contributed by atoms with Gasteiger partial charge < -0.3 is 4.42 Å². The lowest BCUT2D eigenvalue weighted by molar-refractivity contribution is -0.660. The molecule has 39 heavy (non-hydrogen) atoms. The zero-order valence-corrected chi connectivity index (χ0v) is 22.0. The molecule has 1 aliphatic carbocycles. The van der Waals surface area contributed by atoms with E-state index in [1.165, 1.54) is 26.8 Å². The lowest BCUT2D eigenvalue weighted by Gasteiger charge is -2.22. The zero-order chi connectivity index (χ0) is 29.7. The lowest BCUT2D eigenvalue weighted by atomic mass is 9.81. The molecule has 0 radical (unpaired) electrons. The summed E-state index contributed by atoms with van der Waals surface area (Å²) in [6, 6.07) is 23.5. The van der Waals surface area contributed by atoms with Gasteiger partial charge in [-0.05, 0) is 58.5 Å². The number of furan rings is 1. The van der Waals surface area contributed by atoms with E-state index >= 15 is 0 Å². The summed E-state index contributed by atoms with van der Waals surface area (Å²) in [6.45, 7) is 6.27. The Morgan fingerprint density at radius 1 is 0.923 bits per heavy atom. The van der Waals surface area contributed by atoms with Gasteiger partial charge in [-0.25, -0.2) is 8.96 Å². The molecule has 2 aromatic heterocycles. The van der Waals surface area contributed by atoms with Crippen molar-refractivity contribution in [2.24, 2.45) is 7.05 Å². The van der Waals surface area contributed by atoms with Gasteiger partial charge in [0, 0.05) is 33.8 Å². The van der Waals surface area contributed by atoms with Crippen molar-refractivity contribution in [2.45, 2.75) is 26.2 Å². The van der Waals surface area contributed by atoms with Crippen molar-refractivity contribution in [1.82, 2.24) is 0 Å². The van der Waals surface area contributed by atoms with E-state index in [1.54, 1.807) is 13.1 Å². The van der Waals surface area contributed by atoms with Crippen LogP contribution in [0.1, 0.15) is 40.2 Å². The summed E-state index contributed by atoms with van der Waals surface area (Å²) in [5, 5.41) is 11.7. The minimum absolute atomic E-state index is 0.162. The van der Waals surface area contributed by atoms with Crippen LogP contribution in [0.3, 0.4) is 0 Å². The summed E-state index contributed by atoms with van der Waals surface area (Å²) >= 11 is 0. The highest BCUT2D eigenvalue weighted by molar-refractivity contribution is 6.14. The number of halogens is 1. The van der Waals surface area contributed by atoms with Crippen molar-refractivity contribution < 1.29 is 17.5 Å². The Labute approximate surface area is 230 Å². The van der Waals surface area contributed by atoms with Gasteiger partial charge in [0.2, 0.25) is 5.69 Å². The first kappa shape index (κ1) is 20.2. The van der Waals surface area contributed by atoms with Crippen LogP contribution in [0.15, 0.2) is 89.4 Å². The quantitative estimate of drug-likeness (QED) is 0.219. The predicted molar refractivity (Wildman–Crippen MR) is 153 cm³/mol. The van der Waals surface area contributed by atoms with Gasteiger partial charge in [0.25, 0.3) is 0 Å². The van der Waals surface area contributed by atoms with Gasteiger partial charge in [-0.15, -0.1) is 0 Å². The van der Waals surface area contributed by atoms with Crippen LogP contribution in [-0.2, 0) is 12.5 Å². The molecule has 4 aromatic carbocycles. The highest BCUT2D eigenvalue weighted by Gasteiger charge is 2.35. The van der Waals surface area contributed by atoms with Gasteiger partial charge in [-0.2, -0.15) is 5.26 Å². The van der Waals surface area contributed by atoms with Crippen LogP contribution in [0.5, 0.6) is 0 Å². The van der Waals surface area contributed by atoms with E-state index in [2.05, 4.69) is 56.3 Å². The number of nitriles is 1. The van der Waals surface area contributed by atoms with Gasteiger partial charge >= 0.3 is 0 Å². The number of benzene rings is 4. The maximum absolute atomic E-state index is 14.9. The third-order valence-electron chi connectivity index (χ3n) is 8.14. The predicted octanol–water partition coefficient (Wildman–Crippen LogP) is 8.37. The average molecular weight is 513 g/mol. The highest BCUT2D eigenvalue weighted by atomic mass is 19.1. The highest BCUT2D eigenvalue weighted by Crippen LogP contribution is 2.50. The van der Waals surface area contributed by atoms with Gasteiger partial charge in [-0.1, -0.05) is 62.4 Å². The molecular weight excluding hydrogens is 483 g/mol. The zero-order valence-electron chi connectivity index (χ0n) is 25.0. The molecular formula is C35H26FN2O+. The van der Waals surface area contributed by atoms with Crippen LogP contribution in [0.4, 0.5) is 4.39 Å². The molecule has 188 valence electrons. The van der Waals surface area contributed by atoms with Gasteiger partial charge in [0.1, 0.15) is 25.4 Å². The second kappa shape index (κ2) is 8.12. The number of nitrogens with zero attached hydrogens (tertiary/aromatic N) is 2. The molecule has 2 heterocycles. The monoisotopic (exact) mass is 512 g/mol. The van der Waals surface area contributed by atoms with Crippen molar-refractivity contribution in [1.29, 1.82) is 5.26 Å². The van der Waals surface area contributed by atoms with E-state index in [-0.39, 0.29) is 17.3 Å². The Hall–Kier alpha value is -4.75. The Bertz CT molecular complexity index is 2180. The van der Waals surface area contributed by atoms with E-state index in [4.69, 9.17) is 8.53 Å². The van der Waals surface area contributed by atoms with Crippen LogP contribution in [0, 0.1) is 24.1 Å². The SMILES string of the molecule is [2H]c1c(F)c([2H])c(-c2c(C)ccc3c2oc2c(-c4ccc5c(c4)C(C)(C)c4ccccc4-5)c(C#N)ccc23)[n+](C)c1[2H]. The normalized spacial score (nSPS) is 14.5. The molecule has 0 unspecified atom stereocenters. The molecule has 7 rings (SSSR count). The minimum atomic E-state index is -1.05. The van der Waals surface area contributed by atoms with Gasteiger partial charge in [-0.3, -0.25) is 0 Å². The summed E-state index contributed by atoms with van der Waals surface area (Å²) in [6.07, 6.45) is -0.333. The van der Waals surface area contributed by atoms with Crippen molar-refractivity contribution in [2.75, 3.05) is 0 Å². The van der Waals surface area contributed by atoms with Crippen molar-refractivity contribution in [3.63, 3.8) is 0 Å². The molecule has 0 saturated carbocycles. The molecule has 0 atom stereocenters. The van der Waals surface area contributed by atoms with E-state index in [1.807, 2.05) is 31.2 Å². The minimum Gasteiger partial charge on any atom is -0.454 e. The second-order valence-corrected chi connectivity index (χ2v) is 10.7. The molecule has 0 aliphatic heterocycles. The summed E-state index contributed by atoms with van der Waals surface area (Å²) in [5.41, 5.74) is 8.97. The van der Waals surface area contributed by atoms with E-state index < -0.39 is 17.9 Å². The van der Waals surface area contributed by atoms with E-state index in [0.717, 1.165) is 21.9 Å². The fourth-order valence-electron chi connectivity index (χ4n) is 6.17. The summed E-state index contributed by atoms with van der Waals surface area (Å²) in [4.78, 5) is 0. The van der Waals surface area contributed by atoms with Crippen molar-refractivity contribution in [3.05, 3.63) is 113 Å². The van der Waals surface area contributed by atoms with Crippen LogP contribution < -0.4 is 4.57 Å². The molecule has 0 amide bonds. The topological polar surface area (TPSA) is 40.8 Å². The number of fused-ring (bicyclic) bond motifs is 6. The number of pyridine rings is 1. The third-order valence-corrected chi connectivity index (χ3v) is 8.14. The average Bonchev–Trinajstić information content (AvgIpc) is 3.48. The van der Waals surface area contributed by atoms with Gasteiger partial charge in [0.15, 0.2) is 6.17 Å². The molecule has 4 heteroatoms. The fourth-order valence-corrected chi connectivity index (χ4v) is 6.17. The molecule has 1 aliphatic rings. The van der Waals surface area contributed by atoms with Crippen LogP contribution in [0.25, 0.3) is 55.4 Å². The number of hydrogen-bond donors (Lipinski definition) is 0. The Morgan fingerprint density at radius 3 is 2.44 bits per heavy atom. The smallest absolute Gasteiger partial charge is 0.219 e. The number of aromatic nitrogens is 1. The van der Waals surface area contributed by atoms with Gasteiger partial charge in [0.05, 0.1) is 19.9 Å². The lowest BCUT2D eigenvalue weighted by Crippen LogP contribution is -2.30. The van der Waals surface area contributed by atoms with Crippen LogP contribution in [-0.4, -0.2) is 0 Å². The molecule has 3 nitrogen and oxygen atoms in total. The molecule has 6 aromatic rings. The van der Waals surface area contributed by atoms with Crippen LogP contribution in [0.2, 0.25) is 0 Å². The number of hydrogen-bond acceptors (Lipinski definition) is 2. The largest absolute Gasteiger partial charge is 0.454 e. The summed E-state index contributed by atoms with van der Waals surface area (Å²) in [7, 11) is 1.55.